The summed E-state index contributed by atoms with van der Waals surface area (Å²) in [4.78, 5) is 24.3. The van der Waals surface area contributed by atoms with E-state index in [2.05, 4.69) is 73.7 Å². The van der Waals surface area contributed by atoms with E-state index in [1.54, 1.807) is 6.33 Å². The van der Waals surface area contributed by atoms with Gasteiger partial charge < -0.3 is 10.2 Å². The second-order valence-corrected chi connectivity index (χ2v) is 10.1. The van der Waals surface area contributed by atoms with Gasteiger partial charge in [-0.3, -0.25) is 4.79 Å². The smallest absolute Gasteiger partial charge is 0.255 e. The van der Waals surface area contributed by atoms with E-state index in [0.717, 1.165) is 56.3 Å². The summed E-state index contributed by atoms with van der Waals surface area (Å²) in [7, 11) is 0. The Kier molecular flexibility index (Phi) is 5.53. The van der Waals surface area contributed by atoms with Crippen LogP contribution in [-0.2, 0) is 6.54 Å². The van der Waals surface area contributed by atoms with Crippen molar-refractivity contribution in [3.8, 4) is 11.1 Å². The van der Waals surface area contributed by atoms with Crippen LogP contribution in [0.1, 0.15) is 41.6 Å². The van der Waals surface area contributed by atoms with Crippen molar-refractivity contribution in [1.82, 2.24) is 14.9 Å². The van der Waals surface area contributed by atoms with Crippen molar-refractivity contribution in [2.45, 2.75) is 44.3 Å². The number of nitrogens with one attached hydrogen (secondary N) is 1. The topological polar surface area (TPSA) is 58.1 Å². The van der Waals surface area contributed by atoms with Gasteiger partial charge in [0.2, 0.25) is 0 Å². The maximum atomic E-state index is 13.4. The second-order valence-electron chi connectivity index (χ2n) is 9.22. The van der Waals surface area contributed by atoms with Gasteiger partial charge in [0.25, 0.3) is 5.91 Å². The predicted molar refractivity (Wildman–Crippen MR) is 139 cm³/mol. The number of carbonyl (C=O) groups is 1. The van der Waals surface area contributed by atoms with Crippen LogP contribution in [-0.4, -0.2) is 32.9 Å². The molecule has 3 aromatic carbocycles. The van der Waals surface area contributed by atoms with Gasteiger partial charge in [-0.05, 0) is 88.6 Å². The van der Waals surface area contributed by atoms with Crippen molar-refractivity contribution in [1.29, 1.82) is 0 Å². The molecule has 0 spiro atoms. The van der Waals surface area contributed by atoms with Crippen molar-refractivity contribution < 1.29 is 4.79 Å². The van der Waals surface area contributed by atoms with Crippen LogP contribution in [0.4, 0.5) is 5.82 Å². The maximum Gasteiger partial charge on any atom is 0.255 e. The fourth-order valence-corrected chi connectivity index (χ4v) is 4.81. The molecule has 2 aliphatic rings. The Morgan fingerprint density at radius 2 is 1.76 bits per heavy atom. The lowest BCUT2D eigenvalue weighted by atomic mass is 10.0. The number of benzene rings is 3. The van der Waals surface area contributed by atoms with Crippen LogP contribution in [0.2, 0.25) is 0 Å². The van der Waals surface area contributed by atoms with Gasteiger partial charge in [0, 0.05) is 28.5 Å². The molecule has 34 heavy (non-hydrogen) atoms. The minimum atomic E-state index is 0.0824. The molecule has 1 amide bonds. The Labute approximate surface area is 207 Å². The van der Waals surface area contributed by atoms with E-state index in [-0.39, 0.29) is 5.91 Å². The van der Waals surface area contributed by atoms with Crippen molar-refractivity contribution >= 4 is 38.6 Å². The number of amides is 1. The zero-order valence-corrected chi connectivity index (χ0v) is 20.3. The summed E-state index contributed by atoms with van der Waals surface area (Å²) in [5.74, 6) is 0.989. The van der Waals surface area contributed by atoms with E-state index in [4.69, 9.17) is 0 Å². The van der Waals surface area contributed by atoms with E-state index in [9.17, 15) is 4.79 Å². The molecule has 1 aromatic heterocycles. The fourth-order valence-electron chi connectivity index (χ4n) is 4.36. The molecule has 5 nitrogen and oxygen atoms in total. The SMILES string of the molecule is O=C(c1ccccc1Br)N(Cc1cccc(-c2ccc3ncnc(NC4CC4)c3c2)c1)C1CC1. The average molecular weight is 513 g/mol. The third kappa shape index (κ3) is 4.42. The van der Waals surface area contributed by atoms with Crippen LogP contribution in [0, 0.1) is 0 Å². The molecule has 170 valence electrons. The normalized spacial score (nSPS) is 15.3. The van der Waals surface area contributed by atoms with E-state index in [1.165, 1.54) is 12.8 Å². The highest BCUT2D eigenvalue weighted by atomic mass is 79.9. The summed E-state index contributed by atoms with van der Waals surface area (Å²) in [5, 5.41) is 4.57. The fraction of sp³-hybridized carbons (Fsp3) is 0.250. The number of aromatic nitrogens is 2. The monoisotopic (exact) mass is 512 g/mol. The number of rotatable bonds is 7. The van der Waals surface area contributed by atoms with Crippen molar-refractivity contribution in [2.24, 2.45) is 0 Å². The number of hydrogen-bond donors (Lipinski definition) is 1. The minimum Gasteiger partial charge on any atom is -0.367 e. The Bertz CT molecular complexity index is 1380. The average Bonchev–Trinajstić information content (AvgIpc) is 3.78. The molecule has 6 heteroatoms. The lowest BCUT2D eigenvalue weighted by Crippen LogP contribution is -2.32. The number of carbonyl (C=O) groups excluding carboxylic acids is 1. The van der Waals surface area contributed by atoms with Crippen molar-refractivity contribution in [3.63, 3.8) is 0 Å². The van der Waals surface area contributed by atoms with E-state index < -0.39 is 0 Å². The molecule has 0 saturated heterocycles. The molecule has 0 bridgehead atoms. The van der Waals surface area contributed by atoms with E-state index >= 15 is 0 Å². The molecule has 0 atom stereocenters. The van der Waals surface area contributed by atoms with Gasteiger partial charge in [0.05, 0.1) is 11.1 Å². The Morgan fingerprint density at radius 1 is 0.941 bits per heavy atom. The quantitative estimate of drug-likeness (QED) is 0.309. The lowest BCUT2D eigenvalue weighted by Gasteiger charge is -2.23. The molecule has 0 radical (unpaired) electrons. The Hall–Kier alpha value is -3.25. The molecule has 4 aromatic rings. The first-order valence-corrected chi connectivity index (χ1v) is 12.6. The molecule has 1 heterocycles. The van der Waals surface area contributed by atoms with Crippen LogP contribution in [0.15, 0.2) is 77.5 Å². The summed E-state index contributed by atoms with van der Waals surface area (Å²) < 4.78 is 0.841. The highest BCUT2D eigenvalue weighted by Crippen LogP contribution is 2.33. The first-order valence-electron chi connectivity index (χ1n) is 11.8. The summed E-state index contributed by atoms with van der Waals surface area (Å²) in [6, 6.07) is 23.4. The Balaban J connectivity index is 1.30. The summed E-state index contributed by atoms with van der Waals surface area (Å²) in [5.41, 5.74) is 5.04. The summed E-state index contributed by atoms with van der Waals surface area (Å²) in [6.07, 6.45) is 6.16. The van der Waals surface area contributed by atoms with Crippen LogP contribution >= 0.6 is 15.9 Å². The zero-order chi connectivity index (χ0) is 23.1. The third-order valence-electron chi connectivity index (χ3n) is 6.52. The molecule has 0 unspecified atom stereocenters. The standard InChI is InChI=1S/C28H25BrN4O/c29-25-7-2-1-6-23(25)28(34)33(22-11-12-22)16-18-4-3-5-19(14-18)20-8-13-26-24(15-20)27(31-17-30-26)32-21-9-10-21/h1-8,13-15,17,21-22H,9-12,16H2,(H,30,31,32). The largest absolute Gasteiger partial charge is 0.367 e. The van der Waals surface area contributed by atoms with Gasteiger partial charge in [0.1, 0.15) is 12.1 Å². The maximum absolute atomic E-state index is 13.4. The molecular weight excluding hydrogens is 488 g/mol. The van der Waals surface area contributed by atoms with E-state index in [1.807, 2.05) is 29.2 Å². The van der Waals surface area contributed by atoms with Gasteiger partial charge in [-0.1, -0.05) is 36.4 Å². The highest BCUT2D eigenvalue weighted by Gasteiger charge is 2.33. The molecule has 2 saturated carbocycles. The van der Waals surface area contributed by atoms with Crippen molar-refractivity contribution in [3.05, 3.63) is 88.7 Å². The third-order valence-corrected chi connectivity index (χ3v) is 7.21. The summed E-state index contributed by atoms with van der Waals surface area (Å²) >= 11 is 3.54. The molecule has 1 N–H and O–H groups in total. The van der Waals surface area contributed by atoms with Gasteiger partial charge >= 0.3 is 0 Å². The molecule has 2 aliphatic carbocycles. The molecular formula is C28H25BrN4O. The van der Waals surface area contributed by atoms with Crippen LogP contribution in [0.25, 0.3) is 22.0 Å². The number of fused-ring (bicyclic) bond motifs is 1. The van der Waals surface area contributed by atoms with Gasteiger partial charge in [-0.15, -0.1) is 0 Å². The highest BCUT2D eigenvalue weighted by molar-refractivity contribution is 9.10. The van der Waals surface area contributed by atoms with Crippen LogP contribution in [0.3, 0.4) is 0 Å². The minimum absolute atomic E-state index is 0.0824. The molecule has 2 fully saturated rings. The zero-order valence-electron chi connectivity index (χ0n) is 18.7. The van der Waals surface area contributed by atoms with Gasteiger partial charge in [-0.25, -0.2) is 9.97 Å². The number of anilines is 1. The number of halogens is 1. The number of hydrogen-bond acceptors (Lipinski definition) is 4. The van der Waals surface area contributed by atoms with Crippen LogP contribution in [0.5, 0.6) is 0 Å². The second kappa shape index (κ2) is 8.84. The van der Waals surface area contributed by atoms with E-state index in [0.29, 0.717) is 18.6 Å². The first kappa shape index (κ1) is 21.3. The predicted octanol–water partition coefficient (Wildman–Crippen LogP) is 6.44. The number of nitrogens with zero attached hydrogens (tertiary/aromatic N) is 3. The van der Waals surface area contributed by atoms with Gasteiger partial charge in [0.15, 0.2) is 0 Å². The van der Waals surface area contributed by atoms with Crippen LogP contribution < -0.4 is 5.32 Å². The Morgan fingerprint density at radius 3 is 2.56 bits per heavy atom. The van der Waals surface area contributed by atoms with Gasteiger partial charge in [-0.2, -0.15) is 0 Å². The summed E-state index contributed by atoms with van der Waals surface area (Å²) in [6.45, 7) is 0.601. The first-order chi connectivity index (χ1) is 16.7. The lowest BCUT2D eigenvalue weighted by molar-refractivity contribution is 0.0729. The van der Waals surface area contributed by atoms with Crippen molar-refractivity contribution in [2.75, 3.05) is 5.32 Å². The molecule has 0 aliphatic heterocycles. The molecule has 6 rings (SSSR count).